The van der Waals surface area contributed by atoms with Gasteiger partial charge in [-0.3, -0.25) is 9.69 Å². The highest BCUT2D eigenvalue weighted by atomic mass is 16.1. The van der Waals surface area contributed by atoms with Crippen molar-refractivity contribution in [2.75, 3.05) is 13.1 Å². The van der Waals surface area contributed by atoms with Crippen molar-refractivity contribution in [3.63, 3.8) is 0 Å². The van der Waals surface area contributed by atoms with E-state index in [-0.39, 0.29) is 5.56 Å². The monoisotopic (exact) mass is 207 g/mol. The Kier molecular flexibility index (Phi) is 2.86. The highest BCUT2D eigenvalue weighted by Gasteiger charge is 2.18. The van der Waals surface area contributed by atoms with E-state index in [2.05, 4.69) is 28.9 Å². The molecule has 0 fully saturated rings. The van der Waals surface area contributed by atoms with Crippen LogP contribution in [0, 0.1) is 5.92 Å². The quantitative estimate of drug-likeness (QED) is 0.779. The molecule has 0 spiro atoms. The standard InChI is InChI=1S/C11H17N3O/c1-8(2)6-14-4-3-10-9(7-14)5-11(15)13-12-10/h5,8H,3-4,6-7H2,1-2H3,(H,13,15). The zero-order chi connectivity index (χ0) is 10.8. The van der Waals surface area contributed by atoms with Crippen LogP contribution in [0.4, 0.5) is 0 Å². The second-order valence-electron chi connectivity index (χ2n) is 4.58. The first kappa shape index (κ1) is 10.4. The molecule has 1 aliphatic rings. The van der Waals surface area contributed by atoms with Gasteiger partial charge >= 0.3 is 0 Å². The zero-order valence-corrected chi connectivity index (χ0v) is 9.29. The van der Waals surface area contributed by atoms with E-state index >= 15 is 0 Å². The molecule has 0 unspecified atom stereocenters. The van der Waals surface area contributed by atoms with Crippen LogP contribution in [0.3, 0.4) is 0 Å². The van der Waals surface area contributed by atoms with Crippen molar-refractivity contribution in [2.45, 2.75) is 26.8 Å². The van der Waals surface area contributed by atoms with Gasteiger partial charge in [0.15, 0.2) is 0 Å². The maximum Gasteiger partial charge on any atom is 0.264 e. The second-order valence-corrected chi connectivity index (χ2v) is 4.58. The number of fused-ring (bicyclic) bond motifs is 1. The number of aromatic nitrogens is 2. The van der Waals surface area contributed by atoms with Crippen LogP contribution in [0.5, 0.6) is 0 Å². The molecule has 2 heterocycles. The van der Waals surface area contributed by atoms with E-state index in [0.29, 0.717) is 5.92 Å². The molecule has 0 saturated heterocycles. The Bertz CT molecular complexity index is 397. The lowest BCUT2D eigenvalue weighted by molar-refractivity contribution is 0.224. The third-order valence-corrected chi connectivity index (χ3v) is 2.66. The smallest absolute Gasteiger partial charge is 0.264 e. The summed E-state index contributed by atoms with van der Waals surface area (Å²) in [6.07, 6.45) is 0.943. The number of aromatic amines is 1. The number of nitrogens with one attached hydrogen (secondary N) is 1. The molecule has 15 heavy (non-hydrogen) atoms. The lowest BCUT2D eigenvalue weighted by Crippen LogP contribution is -2.35. The largest absolute Gasteiger partial charge is 0.298 e. The summed E-state index contributed by atoms with van der Waals surface area (Å²) in [7, 11) is 0. The maximum absolute atomic E-state index is 11.1. The van der Waals surface area contributed by atoms with Gasteiger partial charge in [-0.1, -0.05) is 13.8 Å². The van der Waals surface area contributed by atoms with E-state index in [1.165, 1.54) is 0 Å². The Morgan fingerprint density at radius 2 is 2.40 bits per heavy atom. The first-order chi connectivity index (χ1) is 7.15. The minimum atomic E-state index is -0.0971. The fraction of sp³-hybridized carbons (Fsp3) is 0.636. The van der Waals surface area contributed by atoms with Gasteiger partial charge in [-0.15, -0.1) is 0 Å². The zero-order valence-electron chi connectivity index (χ0n) is 9.29. The molecule has 0 saturated carbocycles. The molecule has 0 amide bonds. The fourth-order valence-corrected chi connectivity index (χ4v) is 2.08. The topological polar surface area (TPSA) is 49.0 Å². The Hall–Kier alpha value is -1.16. The van der Waals surface area contributed by atoms with E-state index in [4.69, 9.17) is 0 Å². The van der Waals surface area contributed by atoms with E-state index in [1.54, 1.807) is 6.07 Å². The van der Waals surface area contributed by atoms with Gasteiger partial charge in [0.25, 0.3) is 5.56 Å². The third kappa shape index (κ3) is 2.45. The average molecular weight is 207 g/mol. The Labute approximate surface area is 89.3 Å². The van der Waals surface area contributed by atoms with Crippen LogP contribution in [0.2, 0.25) is 0 Å². The van der Waals surface area contributed by atoms with Gasteiger partial charge in [0.05, 0.1) is 5.69 Å². The lowest BCUT2D eigenvalue weighted by atomic mass is 10.1. The third-order valence-electron chi connectivity index (χ3n) is 2.66. The summed E-state index contributed by atoms with van der Waals surface area (Å²) in [5, 5.41) is 6.56. The van der Waals surface area contributed by atoms with Crippen LogP contribution in [0.15, 0.2) is 10.9 Å². The number of nitrogens with zero attached hydrogens (tertiary/aromatic N) is 2. The van der Waals surface area contributed by atoms with Gasteiger partial charge in [-0.2, -0.15) is 5.10 Å². The molecule has 0 bridgehead atoms. The molecule has 1 aromatic rings. The van der Waals surface area contributed by atoms with Crippen molar-refractivity contribution in [3.8, 4) is 0 Å². The first-order valence-electron chi connectivity index (χ1n) is 5.45. The lowest BCUT2D eigenvalue weighted by Gasteiger charge is -2.28. The van der Waals surface area contributed by atoms with E-state index in [9.17, 15) is 4.79 Å². The molecule has 1 aromatic heterocycles. The number of rotatable bonds is 2. The summed E-state index contributed by atoms with van der Waals surface area (Å²) in [6, 6.07) is 1.68. The molecule has 1 N–H and O–H groups in total. The molecule has 2 rings (SSSR count). The normalized spacial score (nSPS) is 16.7. The molecular weight excluding hydrogens is 190 g/mol. The Morgan fingerprint density at radius 3 is 3.13 bits per heavy atom. The van der Waals surface area contributed by atoms with Crippen LogP contribution in [0.25, 0.3) is 0 Å². The van der Waals surface area contributed by atoms with Crippen molar-refractivity contribution in [1.82, 2.24) is 15.1 Å². The minimum Gasteiger partial charge on any atom is -0.298 e. The second kappa shape index (κ2) is 4.14. The van der Waals surface area contributed by atoms with Crippen molar-refractivity contribution in [1.29, 1.82) is 0 Å². The van der Waals surface area contributed by atoms with Gasteiger partial charge in [0.1, 0.15) is 0 Å². The van der Waals surface area contributed by atoms with E-state index < -0.39 is 0 Å². The first-order valence-corrected chi connectivity index (χ1v) is 5.45. The molecule has 0 aromatic carbocycles. The van der Waals surface area contributed by atoms with Crippen LogP contribution in [-0.4, -0.2) is 28.2 Å². The summed E-state index contributed by atoms with van der Waals surface area (Å²) >= 11 is 0. The Balaban J connectivity index is 2.15. The molecule has 1 aliphatic heterocycles. The number of hydrogen-bond donors (Lipinski definition) is 1. The minimum absolute atomic E-state index is 0.0971. The van der Waals surface area contributed by atoms with Gasteiger partial charge in [0, 0.05) is 32.1 Å². The van der Waals surface area contributed by atoms with Crippen LogP contribution in [0.1, 0.15) is 25.1 Å². The number of hydrogen-bond acceptors (Lipinski definition) is 3. The summed E-state index contributed by atoms with van der Waals surface area (Å²) in [5.41, 5.74) is 2.04. The fourth-order valence-electron chi connectivity index (χ4n) is 2.08. The van der Waals surface area contributed by atoms with Crippen molar-refractivity contribution in [2.24, 2.45) is 5.92 Å². The van der Waals surface area contributed by atoms with Crippen molar-refractivity contribution < 1.29 is 0 Å². The average Bonchev–Trinajstić information content (AvgIpc) is 2.16. The summed E-state index contributed by atoms with van der Waals surface area (Å²) < 4.78 is 0. The van der Waals surface area contributed by atoms with E-state index in [1.807, 2.05) is 0 Å². The number of H-pyrrole nitrogens is 1. The molecule has 0 radical (unpaired) electrons. The predicted octanol–water partition coefficient (Wildman–Crippen LogP) is 0.784. The van der Waals surface area contributed by atoms with Crippen LogP contribution in [-0.2, 0) is 13.0 Å². The highest BCUT2D eigenvalue weighted by molar-refractivity contribution is 5.19. The molecular formula is C11H17N3O. The molecule has 4 heteroatoms. The maximum atomic E-state index is 11.1. The predicted molar refractivity (Wildman–Crippen MR) is 58.7 cm³/mol. The van der Waals surface area contributed by atoms with Crippen molar-refractivity contribution >= 4 is 0 Å². The van der Waals surface area contributed by atoms with E-state index in [0.717, 1.165) is 37.3 Å². The Morgan fingerprint density at radius 1 is 1.60 bits per heavy atom. The molecule has 0 aliphatic carbocycles. The van der Waals surface area contributed by atoms with Gasteiger partial charge < -0.3 is 0 Å². The van der Waals surface area contributed by atoms with Gasteiger partial charge in [-0.25, -0.2) is 5.10 Å². The van der Waals surface area contributed by atoms with Crippen LogP contribution < -0.4 is 5.56 Å². The molecule has 0 atom stereocenters. The summed E-state index contributed by atoms with van der Waals surface area (Å²) in [5.74, 6) is 0.668. The van der Waals surface area contributed by atoms with Crippen LogP contribution >= 0.6 is 0 Å². The SMILES string of the molecule is CC(C)CN1CCc2n[nH]c(=O)cc2C1. The van der Waals surface area contributed by atoms with Gasteiger partial charge in [0.2, 0.25) is 0 Å². The van der Waals surface area contributed by atoms with Gasteiger partial charge in [-0.05, 0) is 11.5 Å². The molecule has 4 nitrogen and oxygen atoms in total. The van der Waals surface area contributed by atoms with Crippen molar-refractivity contribution in [3.05, 3.63) is 27.7 Å². The molecule has 82 valence electrons. The highest BCUT2D eigenvalue weighted by Crippen LogP contribution is 2.15. The summed E-state index contributed by atoms with van der Waals surface area (Å²) in [4.78, 5) is 13.5. The summed E-state index contributed by atoms with van der Waals surface area (Å²) in [6.45, 7) is 7.43.